The number of fused-ring (bicyclic) bond motifs is 1. The van der Waals surface area contributed by atoms with Crippen LogP contribution in [0, 0.1) is 3.70 Å². The molecule has 0 bridgehead atoms. The summed E-state index contributed by atoms with van der Waals surface area (Å²) in [6, 6.07) is 1.18. The van der Waals surface area contributed by atoms with E-state index in [0.29, 0.717) is 14.6 Å². The lowest BCUT2D eigenvalue weighted by atomic mass is 10.3. The first-order valence-electron chi connectivity index (χ1n) is 4.88. The van der Waals surface area contributed by atoms with Crippen LogP contribution in [0.2, 0.25) is 5.15 Å². The summed E-state index contributed by atoms with van der Waals surface area (Å²) in [5.41, 5.74) is 0.306. The number of pyridine rings is 1. The van der Waals surface area contributed by atoms with Crippen molar-refractivity contribution >= 4 is 45.1 Å². The molecule has 0 aliphatic heterocycles. The smallest absolute Gasteiger partial charge is 0.261 e. The monoisotopic (exact) mass is 365 g/mol. The molecule has 0 radical (unpaired) electrons. The van der Waals surface area contributed by atoms with E-state index in [9.17, 15) is 4.79 Å². The van der Waals surface area contributed by atoms with Crippen LogP contribution < -0.4 is 5.56 Å². The van der Waals surface area contributed by atoms with E-state index < -0.39 is 0 Å². The molecule has 0 spiro atoms. The second-order valence-corrected chi connectivity index (χ2v) is 5.03. The second kappa shape index (κ2) is 4.87. The van der Waals surface area contributed by atoms with E-state index in [1.807, 2.05) is 22.6 Å². The van der Waals surface area contributed by atoms with E-state index in [0.717, 1.165) is 0 Å². The van der Waals surface area contributed by atoms with Crippen molar-refractivity contribution in [3.63, 3.8) is 0 Å². The minimum atomic E-state index is -0.316. The molecule has 0 amide bonds. The molecule has 0 unspecified atom stereocenters. The number of aliphatic hydroxyl groups excluding tert-OH is 1. The Labute approximate surface area is 116 Å². The molecule has 0 aromatic carbocycles. The largest absolute Gasteiger partial charge is 0.394 e. The molecule has 2 aromatic heterocycles. The molecule has 2 heterocycles. The summed E-state index contributed by atoms with van der Waals surface area (Å²) in [6.45, 7) is 1.62. The lowest BCUT2D eigenvalue weighted by Crippen LogP contribution is -2.25. The topological polar surface area (TPSA) is 68.0 Å². The maximum absolute atomic E-state index is 12.2. The third kappa shape index (κ3) is 2.29. The van der Waals surface area contributed by atoms with Gasteiger partial charge in [-0.05, 0) is 35.6 Å². The van der Waals surface area contributed by atoms with Crippen molar-refractivity contribution in [2.45, 2.75) is 13.0 Å². The molecule has 0 aliphatic rings. The molecule has 2 rings (SSSR count). The third-order valence-corrected chi connectivity index (χ3v) is 3.38. The first-order valence-corrected chi connectivity index (χ1v) is 6.34. The van der Waals surface area contributed by atoms with Gasteiger partial charge in [-0.1, -0.05) is 11.6 Å². The van der Waals surface area contributed by atoms with E-state index in [1.165, 1.54) is 17.0 Å². The third-order valence-electron chi connectivity index (χ3n) is 2.43. The van der Waals surface area contributed by atoms with Gasteiger partial charge in [-0.15, -0.1) is 0 Å². The van der Waals surface area contributed by atoms with Gasteiger partial charge < -0.3 is 5.11 Å². The van der Waals surface area contributed by atoms with Crippen molar-refractivity contribution in [2.24, 2.45) is 0 Å². The van der Waals surface area contributed by atoms with Crippen LogP contribution in [-0.4, -0.2) is 26.2 Å². The molecule has 17 heavy (non-hydrogen) atoms. The fourth-order valence-corrected chi connectivity index (χ4v) is 2.50. The van der Waals surface area contributed by atoms with E-state index in [2.05, 4.69) is 9.97 Å². The maximum Gasteiger partial charge on any atom is 0.261 e. The normalized spacial score (nSPS) is 12.9. The number of aliphatic hydroxyl groups is 1. The van der Waals surface area contributed by atoms with Crippen molar-refractivity contribution in [1.29, 1.82) is 0 Å². The number of rotatable bonds is 2. The number of hydrogen-bond acceptors (Lipinski definition) is 4. The average molecular weight is 366 g/mol. The molecular formula is C10H9ClIN3O2. The number of halogens is 2. The summed E-state index contributed by atoms with van der Waals surface area (Å²) in [5.74, 6) is 0. The van der Waals surface area contributed by atoms with Gasteiger partial charge >= 0.3 is 0 Å². The van der Waals surface area contributed by atoms with Gasteiger partial charge in [-0.2, -0.15) is 0 Å². The molecule has 7 heteroatoms. The van der Waals surface area contributed by atoms with Gasteiger partial charge in [0.15, 0.2) is 0 Å². The Hall–Kier alpha value is -0.730. The predicted molar refractivity (Wildman–Crippen MR) is 73.3 cm³/mol. The Morgan fingerprint density at radius 3 is 3.00 bits per heavy atom. The van der Waals surface area contributed by atoms with Crippen LogP contribution in [0.3, 0.4) is 0 Å². The fraction of sp³-hybridized carbons (Fsp3) is 0.300. The maximum atomic E-state index is 12.2. The summed E-state index contributed by atoms with van der Waals surface area (Å²) < 4.78 is 1.97. The van der Waals surface area contributed by atoms with Gasteiger partial charge in [0.25, 0.3) is 5.56 Å². The summed E-state index contributed by atoms with van der Waals surface area (Å²) in [6.07, 6.45) is 1.42. The van der Waals surface area contributed by atoms with Crippen molar-refractivity contribution in [3.05, 3.63) is 31.6 Å². The van der Waals surface area contributed by atoms with Crippen molar-refractivity contribution < 1.29 is 5.11 Å². The zero-order valence-corrected chi connectivity index (χ0v) is 11.8. The molecule has 1 atom stereocenters. The van der Waals surface area contributed by atoms with Crippen LogP contribution in [-0.2, 0) is 0 Å². The highest BCUT2D eigenvalue weighted by molar-refractivity contribution is 14.1. The van der Waals surface area contributed by atoms with Gasteiger partial charge in [0.05, 0.1) is 24.4 Å². The van der Waals surface area contributed by atoms with Crippen molar-refractivity contribution in [1.82, 2.24) is 14.5 Å². The minimum Gasteiger partial charge on any atom is -0.394 e. The highest BCUT2D eigenvalue weighted by atomic mass is 127. The van der Waals surface area contributed by atoms with Gasteiger partial charge in [0.1, 0.15) is 14.4 Å². The Bertz CT molecular complexity index is 629. The van der Waals surface area contributed by atoms with Gasteiger partial charge in [0.2, 0.25) is 0 Å². The Morgan fingerprint density at radius 2 is 2.35 bits per heavy atom. The van der Waals surface area contributed by atoms with Crippen molar-refractivity contribution in [2.75, 3.05) is 6.61 Å². The van der Waals surface area contributed by atoms with E-state index in [1.54, 1.807) is 6.92 Å². The molecule has 0 saturated heterocycles. The zero-order chi connectivity index (χ0) is 12.6. The molecule has 5 nitrogen and oxygen atoms in total. The highest BCUT2D eigenvalue weighted by Crippen LogP contribution is 2.18. The highest BCUT2D eigenvalue weighted by Gasteiger charge is 2.12. The molecule has 0 saturated carbocycles. The molecule has 0 aliphatic carbocycles. The average Bonchev–Trinajstić information content (AvgIpc) is 2.29. The van der Waals surface area contributed by atoms with Crippen molar-refractivity contribution in [3.8, 4) is 0 Å². The number of hydrogen-bond donors (Lipinski definition) is 1. The zero-order valence-electron chi connectivity index (χ0n) is 8.89. The Balaban J connectivity index is 2.80. The summed E-state index contributed by atoms with van der Waals surface area (Å²) in [5, 5.41) is 9.74. The molecule has 1 N–H and O–H groups in total. The van der Waals surface area contributed by atoms with E-state index in [4.69, 9.17) is 16.7 Å². The Morgan fingerprint density at radius 1 is 1.65 bits per heavy atom. The van der Waals surface area contributed by atoms with E-state index in [-0.39, 0.29) is 23.4 Å². The molecule has 0 fully saturated rings. The summed E-state index contributed by atoms with van der Waals surface area (Å²) in [7, 11) is 0. The Kier molecular flexibility index (Phi) is 3.64. The summed E-state index contributed by atoms with van der Waals surface area (Å²) in [4.78, 5) is 20.4. The number of aromatic nitrogens is 3. The van der Waals surface area contributed by atoms with Gasteiger partial charge in [-0.3, -0.25) is 9.36 Å². The SMILES string of the molecule is C[C@@H](CO)n1cnc2c(I)nc(Cl)cc2c1=O. The molecule has 90 valence electrons. The quantitative estimate of drug-likeness (QED) is 0.648. The fourth-order valence-electron chi connectivity index (χ4n) is 1.48. The van der Waals surface area contributed by atoms with Crippen LogP contribution in [0.4, 0.5) is 0 Å². The predicted octanol–water partition coefficient (Wildman–Crippen LogP) is 1.60. The molecular weight excluding hydrogens is 356 g/mol. The lowest BCUT2D eigenvalue weighted by Gasteiger charge is -2.12. The van der Waals surface area contributed by atoms with Gasteiger partial charge in [0, 0.05) is 0 Å². The van der Waals surface area contributed by atoms with Crippen LogP contribution in [0.5, 0.6) is 0 Å². The first kappa shape index (κ1) is 12.7. The first-order chi connectivity index (χ1) is 8.04. The van der Waals surface area contributed by atoms with Crippen LogP contribution in [0.15, 0.2) is 17.2 Å². The standard InChI is InChI=1S/C10H9ClIN3O2/c1-5(3-16)15-4-13-8-6(10(15)17)2-7(11)14-9(8)12/h2,4-5,16H,3H2,1H3/t5-/m0/s1. The molecule has 2 aromatic rings. The van der Waals surface area contributed by atoms with Crippen LogP contribution >= 0.6 is 34.2 Å². The van der Waals surface area contributed by atoms with Crippen LogP contribution in [0.1, 0.15) is 13.0 Å². The minimum absolute atomic E-state index is 0.122. The van der Waals surface area contributed by atoms with Gasteiger partial charge in [-0.25, -0.2) is 9.97 Å². The summed E-state index contributed by atoms with van der Waals surface area (Å²) >= 11 is 7.80. The van der Waals surface area contributed by atoms with E-state index >= 15 is 0 Å². The second-order valence-electron chi connectivity index (χ2n) is 3.62. The number of nitrogens with zero attached hydrogens (tertiary/aromatic N) is 3. The van der Waals surface area contributed by atoms with Crippen LogP contribution in [0.25, 0.3) is 10.9 Å². The lowest BCUT2D eigenvalue weighted by molar-refractivity contribution is 0.236.